The number of amides is 2. The van der Waals surface area contributed by atoms with Crippen LogP contribution >= 0.6 is 0 Å². The Labute approximate surface area is 119 Å². The van der Waals surface area contributed by atoms with Crippen molar-refractivity contribution >= 4 is 17.9 Å². The summed E-state index contributed by atoms with van der Waals surface area (Å²) in [5.41, 5.74) is 0.890. The maximum Gasteiger partial charge on any atom is 0.244 e. The normalized spacial score (nSPS) is 10.3. The average Bonchev–Trinajstić information content (AvgIpc) is 2.45. The highest BCUT2D eigenvalue weighted by molar-refractivity contribution is 5.94. The van der Waals surface area contributed by atoms with Crippen molar-refractivity contribution in [1.29, 1.82) is 0 Å². The van der Waals surface area contributed by atoms with Crippen LogP contribution in [-0.4, -0.2) is 31.5 Å². The molecule has 1 rings (SSSR count). The summed E-state index contributed by atoms with van der Waals surface area (Å²) in [4.78, 5) is 22.6. The van der Waals surface area contributed by atoms with Crippen LogP contribution < -0.4 is 15.4 Å². The van der Waals surface area contributed by atoms with Crippen LogP contribution in [0.5, 0.6) is 5.75 Å². The highest BCUT2D eigenvalue weighted by Gasteiger charge is 2.01. The number of likely N-dealkylation sites (N-methyl/N-ethyl adjacent to an activating group) is 1. The predicted octanol–water partition coefficient (Wildman–Crippen LogP) is 1.35. The standard InChI is InChI=1S/C15H20N2O3/c1-3-16-15(19)11-17-14(18)10-7-12-5-8-13(9-6-12)20-4-2/h5-10H,3-4,11H2,1-2H3,(H,16,19)(H,17,18)/b10-7+. The Morgan fingerprint density at radius 1 is 1.15 bits per heavy atom. The van der Waals surface area contributed by atoms with Crippen molar-refractivity contribution in [2.45, 2.75) is 13.8 Å². The number of rotatable bonds is 7. The fourth-order valence-electron chi connectivity index (χ4n) is 1.50. The van der Waals surface area contributed by atoms with Crippen LogP contribution in [0, 0.1) is 0 Å². The molecule has 0 heterocycles. The summed E-state index contributed by atoms with van der Waals surface area (Å²) in [6.45, 7) is 4.91. The van der Waals surface area contributed by atoms with Crippen LogP contribution in [0.15, 0.2) is 30.3 Å². The topological polar surface area (TPSA) is 67.4 Å². The number of hydrogen-bond donors (Lipinski definition) is 2. The van der Waals surface area contributed by atoms with Crippen molar-refractivity contribution in [3.63, 3.8) is 0 Å². The number of nitrogens with one attached hydrogen (secondary N) is 2. The maximum atomic E-state index is 11.5. The van der Waals surface area contributed by atoms with E-state index in [1.165, 1.54) is 6.08 Å². The van der Waals surface area contributed by atoms with Crippen LogP contribution in [-0.2, 0) is 9.59 Å². The first-order chi connectivity index (χ1) is 9.65. The second-order valence-electron chi connectivity index (χ2n) is 4.01. The average molecular weight is 276 g/mol. The zero-order valence-corrected chi connectivity index (χ0v) is 11.8. The van der Waals surface area contributed by atoms with E-state index in [-0.39, 0.29) is 18.4 Å². The second kappa shape index (κ2) is 8.74. The largest absolute Gasteiger partial charge is 0.494 e. The zero-order valence-electron chi connectivity index (χ0n) is 11.8. The van der Waals surface area contributed by atoms with Gasteiger partial charge in [-0.25, -0.2) is 0 Å². The predicted molar refractivity (Wildman–Crippen MR) is 78.3 cm³/mol. The van der Waals surface area contributed by atoms with Gasteiger partial charge in [0.2, 0.25) is 11.8 Å². The van der Waals surface area contributed by atoms with Gasteiger partial charge in [0.05, 0.1) is 13.2 Å². The first-order valence-corrected chi connectivity index (χ1v) is 6.61. The van der Waals surface area contributed by atoms with E-state index < -0.39 is 0 Å². The molecule has 0 bridgehead atoms. The molecule has 1 aromatic rings. The second-order valence-corrected chi connectivity index (χ2v) is 4.01. The van der Waals surface area contributed by atoms with Gasteiger partial charge in [0.15, 0.2) is 0 Å². The molecular formula is C15H20N2O3. The van der Waals surface area contributed by atoms with E-state index >= 15 is 0 Å². The fourth-order valence-corrected chi connectivity index (χ4v) is 1.50. The number of ether oxygens (including phenoxy) is 1. The van der Waals surface area contributed by atoms with Crippen LogP contribution in [0.3, 0.4) is 0 Å². The summed E-state index contributed by atoms with van der Waals surface area (Å²) in [5, 5.41) is 5.11. The molecule has 0 radical (unpaired) electrons. The molecular weight excluding hydrogens is 256 g/mol. The smallest absolute Gasteiger partial charge is 0.244 e. The number of benzene rings is 1. The van der Waals surface area contributed by atoms with Gasteiger partial charge in [0.1, 0.15) is 5.75 Å². The Hall–Kier alpha value is -2.30. The molecule has 5 nitrogen and oxygen atoms in total. The van der Waals surface area contributed by atoms with E-state index in [0.29, 0.717) is 13.2 Å². The van der Waals surface area contributed by atoms with Crippen LogP contribution in [0.25, 0.3) is 6.08 Å². The highest BCUT2D eigenvalue weighted by atomic mass is 16.5. The monoisotopic (exact) mass is 276 g/mol. The number of carbonyl (C=O) groups is 2. The Balaban J connectivity index is 2.42. The van der Waals surface area contributed by atoms with Gasteiger partial charge in [-0.05, 0) is 37.6 Å². The van der Waals surface area contributed by atoms with Crippen LogP contribution in [0.4, 0.5) is 0 Å². The van der Waals surface area contributed by atoms with Gasteiger partial charge in [-0.2, -0.15) is 0 Å². The molecule has 0 aliphatic heterocycles. The molecule has 2 amide bonds. The van der Waals surface area contributed by atoms with Gasteiger partial charge in [-0.1, -0.05) is 12.1 Å². The van der Waals surface area contributed by atoms with Crippen molar-refractivity contribution in [2.75, 3.05) is 19.7 Å². The molecule has 5 heteroatoms. The Morgan fingerprint density at radius 2 is 1.85 bits per heavy atom. The molecule has 0 spiro atoms. The van der Waals surface area contributed by atoms with Crippen LogP contribution in [0.2, 0.25) is 0 Å². The molecule has 0 atom stereocenters. The quantitative estimate of drug-likeness (QED) is 0.739. The van der Waals surface area contributed by atoms with Gasteiger partial charge in [-0.15, -0.1) is 0 Å². The molecule has 0 aliphatic carbocycles. The van der Waals surface area contributed by atoms with Crippen LogP contribution in [0.1, 0.15) is 19.4 Å². The van der Waals surface area contributed by atoms with Gasteiger partial charge in [0.25, 0.3) is 0 Å². The molecule has 0 aromatic heterocycles. The lowest BCUT2D eigenvalue weighted by atomic mass is 10.2. The van der Waals surface area contributed by atoms with Gasteiger partial charge >= 0.3 is 0 Å². The lowest BCUT2D eigenvalue weighted by Crippen LogP contribution is -2.35. The highest BCUT2D eigenvalue weighted by Crippen LogP contribution is 2.12. The van der Waals surface area contributed by atoms with Crippen molar-refractivity contribution in [3.05, 3.63) is 35.9 Å². The third-order valence-corrected chi connectivity index (χ3v) is 2.42. The number of hydrogen-bond acceptors (Lipinski definition) is 3. The Morgan fingerprint density at radius 3 is 2.45 bits per heavy atom. The molecule has 108 valence electrons. The summed E-state index contributed by atoms with van der Waals surface area (Å²) in [6, 6.07) is 7.41. The molecule has 1 aromatic carbocycles. The fraction of sp³-hybridized carbons (Fsp3) is 0.333. The Bertz CT molecular complexity index is 467. The Kier molecular flexibility index (Phi) is 6.89. The molecule has 0 saturated carbocycles. The first kappa shape index (κ1) is 15.8. The summed E-state index contributed by atoms with van der Waals surface area (Å²) in [6.07, 6.45) is 3.08. The molecule has 20 heavy (non-hydrogen) atoms. The van der Waals surface area contributed by atoms with Crippen molar-refractivity contribution < 1.29 is 14.3 Å². The van der Waals surface area contributed by atoms with E-state index in [1.807, 2.05) is 38.1 Å². The van der Waals surface area contributed by atoms with E-state index in [2.05, 4.69) is 10.6 Å². The lowest BCUT2D eigenvalue weighted by molar-refractivity contribution is -0.123. The third kappa shape index (κ3) is 6.04. The van der Waals surface area contributed by atoms with E-state index in [1.54, 1.807) is 6.08 Å². The van der Waals surface area contributed by atoms with E-state index in [4.69, 9.17) is 4.74 Å². The summed E-state index contributed by atoms with van der Waals surface area (Å²) >= 11 is 0. The van der Waals surface area contributed by atoms with Crippen molar-refractivity contribution in [3.8, 4) is 5.75 Å². The zero-order chi connectivity index (χ0) is 14.8. The van der Waals surface area contributed by atoms with Gasteiger partial charge in [0, 0.05) is 12.6 Å². The SMILES string of the molecule is CCNC(=O)CNC(=O)/C=C/c1ccc(OCC)cc1. The minimum absolute atomic E-state index is 0.0136. The third-order valence-electron chi connectivity index (χ3n) is 2.42. The summed E-state index contributed by atoms with van der Waals surface area (Å²) in [5.74, 6) is 0.297. The lowest BCUT2D eigenvalue weighted by Gasteiger charge is -2.03. The molecule has 2 N–H and O–H groups in total. The van der Waals surface area contributed by atoms with Gasteiger partial charge < -0.3 is 15.4 Å². The summed E-state index contributed by atoms with van der Waals surface area (Å²) < 4.78 is 5.33. The van der Waals surface area contributed by atoms with E-state index in [0.717, 1.165) is 11.3 Å². The molecule has 0 fully saturated rings. The first-order valence-electron chi connectivity index (χ1n) is 6.61. The minimum atomic E-state index is -0.301. The van der Waals surface area contributed by atoms with Crippen molar-refractivity contribution in [2.24, 2.45) is 0 Å². The maximum absolute atomic E-state index is 11.5. The molecule has 0 saturated heterocycles. The summed E-state index contributed by atoms with van der Waals surface area (Å²) in [7, 11) is 0. The van der Waals surface area contributed by atoms with Gasteiger partial charge in [-0.3, -0.25) is 9.59 Å². The molecule has 0 aliphatic rings. The molecule has 0 unspecified atom stereocenters. The van der Waals surface area contributed by atoms with E-state index in [9.17, 15) is 9.59 Å². The van der Waals surface area contributed by atoms with Crippen molar-refractivity contribution in [1.82, 2.24) is 10.6 Å². The minimum Gasteiger partial charge on any atom is -0.494 e. The number of carbonyl (C=O) groups excluding carboxylic acids is 2.